The van der Waals surface area contributed by atoms with Gasteiger partial charge in [0.25, 0.3) is 17.7 Å². The van der Waals surface area contributed by atoms with Gasteiger partial charge in [0, 0.05) is 0 Å². The van der Waals surface area contributed by atoms with Crippen LogP contribution >= 0.6 is 0 Å². The van der Waals surface area contributed by atoms with Crippen molar-refractivity contribution in [3.05, 3.63) is 70.8 Å². The van der Waals surface area contributed by atoms with Crippen LogP contribution in [0, 0.1) is 11.3 Å². The van der Waals surface area contributed by atoms with Gasteiger partial charge >= 0.3 is 0 Å². The molecule has 0 aliphatic carbocycles. The highest BCUT2D eigenvalue weighted by Crippen LogP contribution is 2.45. The lowest BCUT2D eigenvalue weighted by Gasteiger charge is -2.47. The molecule has 2 aliphatic rings. The number of hydrazone groups is 1. The van der Waals surface area contributed by atoms with Gasteiger partial charge in [-0.15, -0.1) is 0 Å². The van der Waals surface area contributed by atoms with Gasteiger partial charge in [-0.3, -0.25) is 19.8 Å². The van der Waals surface area contributed by atoms with Gasteiger partial charge < -0.3 is 14.8 Å². The number of hydrogen-bond acceptors (Lipinski definition) is 8. The molecular weight excluding hydrogens is 440 g/mol. The molecule has 4 rings (SSSR count). The van der Waals surface area contributed by atoms with Gasteiger partial charge in [0.05, 0.1) is 25.5 Å². The average Bonchev–Trinajstić information content (AvgIpc) is 2.88. The molecule has 0 unspecified atom stereocenters. The SMILES string of the molecule is COc1ccc(C2=NNC(=O)[C@@H]3NC(=O)C(C#N)=C(C(=O)NN)[C@]23c2ccc(OC)cc2)cc1. The molecule has 172 valence electrons. The Hall–Kier alpha value is -4.69. The van der Waals surface area contributed by atoms with Gasteiger partial charge in [-0.1, -0.05) is 12.1 Å². The number of fused-ring (bicyclic) bond motifs is 1. The number of methoxy groups -OCH3 is 2. The van der Waals surface area contributed by atoms with Gasteiger partial charge in [-0.25, -0.2) is 11.3 Å². The number of ether oxygens (including phenoxy) is 2. The first-order valence-electron chi connectivity index (χ1n) is 10.1. The zero-order valence-corrected chi connectivity index (χ0v) is 18.2. The molecule has 0 spiro atoms. The normalized spacial score (nSPS) is 21.4. The Morgan fingerprint density at radius 3 is 2.21 bits per heavy atom. The zero-order valence-electron chi connectivity index (χ0n) is 18.2. The maximum atomic E-state index is 13.2. The second kappa shape index (κ2) is 8.68. The fraction of sp³-hybridized carbons (Fsp3) is 0.174. The molecule has 0 bridgehead atoms. The molecule has 0 aromatic heterocycles. The fourth-order valence-corrected chi connectivity index (χ4v) is 4.36. The summed E-state index contributed by atoms with van der Waals surface area (Å²) in [5.74, 6) is 4.13. The number of carbonyl (C=O) groups is 3. The molecule has 11 heteroatoms. The third-order valence-electron chi connectivity index (χ3n) is 5.87. The van der Waals surface area contributed by atoms with Crippen LogP contribution in [0.25, 0.3) is 0 Å². The van der Waals surface area contributed by atoms with E-state index in [9.17, 15) is 19.6 Å². The van der Waals surface area contributed by atoms with Crippen molar-refractivity contribution in [3.63, 3.8) is 0 Å². The average molecular weight is 460 g/mol. The van der Waals surface area contributed by atoms with Crippen LogP contribution in [0.2, 0.25) is 0 Å². The molecule has 5 N–H and O–H groups in total. The van der Waals surface area contributed by atoms with Crippen molar-refractivity contribution in [3.8, 4) is 17.6 Å². The summed E-state index contributed by atoms with van der Waals surface area (Å²) in [4.78, 5) is 39.0. The van der Waals surface area contributed by atoms with E-state index >= 15 is 0 Å². The molecule has 0 saturated heterocycles. The number of amides is 3. The Bertz CT molecular complexity index is 1280. The van der Waals surface area contributed by atoms with Crippen molar-refractivity contribution in [1.82, 2.24) is 16.2 Å². The number of nitrogens with two attached hydrogens (primary N) is 1. The Kier molecular flexibility index (Phi) is 5.75. The number of nitrogens with one attached hydrogen (secondary N) is 3. The van der Waals surface area contributed by atoms with E-state index in [1.54, 1.807) is 54.6 Å². The van der Waals surface area contributed by atoms with Crippen molar-refractivity contribution in [2.24, 2.45) is 10.9 Å². The lowest BCUT2D eigenvalue weighted by atomic mass is 9.60. The fourth-order valence-electron chi connectivity index (χ4n) is 4.36. The minimum atomic E-state index is -1.69. The smallest absolute Gasteiger partial charge is 0.264 e. The van der Waals surface area contributed by atoms with Gasteiger partial charge in [0.1, 0.15) is 34.6 Å². The first kappa shape index (κ1) is 22.5. The van der Waals surface area contributed by atoms with E-state index in [0.717, 1.165) is 0 Å². The highest BCUT2D eigenvalue weighted by Gasteiger charge is 2.60. The first-order valence-corrected chi connectivity index (χ1v) is 10.1. The Morgan fingerprint density at radius 2 is 1.68 bits per heavy atom. The second-order valence-corrected chi connectivity index (χ2v) is 7.44. The molecule has 2 heterocycles. The molecule has 0 saturated carbocycles. The number of benzene rings is 2. The summed E-state index contributed by atoms with van der Waals surface area (Å²) in [7, 11) is 3.01. The maximum Gasteiger partial charge on any atom is 0.264 e. The molecule has 0 fully saturated rings. The molecule has 34 heavy (non-hydrogen) atoms. The molecule has 2 atom stereocenters. The third kappa shape index (κ3) is 3.25. The van der Waals surface area contributed by atoms with Crippen molar-refractivity contribution in [2.45, 2.75) is 11.5 Å². The van der Waals surface area contributed by atoms with Crippen LogP contribution in [0.4, 0.5) is 0 Å². The quantitative estimate of drug-likeness (QED) is 0.272. The summed E-state index contributed by atoms with van der Waals surface area (Å²) >= 11 is 0. The van der Waals surface area contributed by atoms with Crippen molar-refractivity contribution in [1.29, 1.82) is 5.26 Å². The number of carbonyl (C=O) groups excluding carboxylic acids is 3. The van der Waals surface area contributed by atoms with Crippen LogP contribution in [-0.4, -0.2) is 43.7 Å². The number of hydrazine groups is 1. The molecule has 2 aromatic carbocycles. The zero-order chi connectivity index (χ0) is 24.5. The predicted molar refractivity (Wildman–Crippen MR) is 119 cm³/mol. The standard InChI is InChI=1S/C23H20N6O5/c1-33-14-7-3-12(4-8-14)18-23(13-5-9-15(34-2)10-6-13)17(21(31)27-25)16(11-24)20(30)26-19(23)22(32)29-28-18/h3-10,19H,25H2,1-2H3,(H,26,30)(H,27,31)(H,29,32)/t19-,23+/m0/s1. The monoisotopic (exact) mass is 460 g/mol. The third-order valence-corrected chi connectivity index (χ3v) is 5.87. The summed E-state index contributed by atoms with van der Waals surface area (Å²) in [6, 6.07) is 13.8. The summed E-state index contributed by atoms with van der Waals surface area (Å²) in [5, 5.41) is 16.7. The molecule has 2 aliphatic heterocycles. The number of rotatable bonds is 5. The summed E-state index contributed by atoms with van der Waals surface area (Å²) < 4.78 is 10.5. The minimum absolute atomic E-state index is 0.219. The Morgan fingerprint density at radius 1 is 1.09 bits per heavy atom. The van der Waals surface area contributed by atoms with Gasteiger partial charge in [0.2, 0.25) is 0 Å². The molecule has 11 nitrogen and oxygen atoms in total. The van der Waals surface area contributed by atoms with Crippen LogP contribution in [0.5, 0.6) is 11.5 Å². The highest BCUT2D eigenvalue weighted by atomic mass is 16.5. The Labute approximate surface area is 194 Å². The number of nitrogens with zero attached hydrogens (tertiary/aromatic N) is 2. The van der Waals surface area contributed by atoms with Crippen LogP contribution in [0.1, 0.15) is 11.1 Å². The van der Waals surface area contributed by atoms with E-state index in [1.807, 2.05) is 5.43 Å². The van der Waals surface area contributed by atoms with Crippen LogP contribution in [0.3, 0.4) is 0 Å². The van der Waals surface area contributed by atoms with E-state index in [-0.39, 0.29) is 11.3 Å². The van der Waals surface area contributed by atoms with Crippen LogP contribution in [0.15, 0.2) is 64.8 Å². The topological polar surface area (TPSA) is 168 Å². The molecule has 0 radical (unpaired) electrons. The lowest BCUT2D eigenvalue weighted by molar-refractivity contribution is -0.130. The van der Waals surface area contributed by atoms with Crippen molar-refractivity contribution in [2.75, 3.05) is 14.2 Å². The largest absolute Gasteiger partial charge is 0.497 e. The molecule has 2 aromatic rings. The minimum Gasteiger partial charge on any atom is -0.497 e. The second-order valence-electron chi connectivity index (χ2n) is 7.44. The summed E-state index contributed by atoms with van der Waals surface area (Å²) in [5.41, 5.74) is 3.11. The number of hydrogen-bond donors (Lipinski definition) is 4. The van der Waals surface area contributed by atoms with Gasteiger partial charge in [-0.2, -0.15) is 10.4 Å². The van der Waals surface area contributed by atoms with Gasteiger partial charge in [-0.05, 0) is 47.5 Å². The van der Waals surface area contributed by atoms with Gasteiger partial charge in [0.15, 0.2) is 0 Å². The summed E-state index contributed by atoms with van der Waals surface area (Å²) in [6.45, 7) is 0. The maximum absolute atomic E-state index is 13.2. The number of nitriles is 1. The Balaban J connectivity index is 2.13. The van der Waals surface area contributed by atoms with E-state index < -0.39 is 34.8 Å². The molecular formula is C23H20N6O5. The van der Waals surface area contributed by atoms with Crippen LogP contribution < -0.4 is 31.5 Å². The van der Waals surface area contributed by atoms with Crippen molar-refractivity contribution < 1.29 is 23.9 Å². The lowest BCUT2D eigenvalue weighted by Crippen LogP contribution is -2.69. The van der Waals surface area contributed by atoms with E-state index in [0.29, 0.717) is 22.6 Å². The van der Waals surface area contributed by atoms with Crippen molar-refractivity contribution >= 4 is 23.4 Å². The van der Waals surface area contributed by atoms with E-state index in [4.69, 9.17) is 15.3 Å². The summed E-state index contributed by atoms with van der Waals surface area (Å²) in [6.07, 6.45) is 0. The first-order chi connectivity index (χ1) is 16.4. The van der Waals surface area contributed by atoms with Crippen LogP contribution in [-0.2, 0) is 19.8 Å². The molecule has 3 amide bonds. The predicted octanol–water partition coefficient (Wildman–Crippen LogP) is -0.216. The van der Waals surface area contributed by atoms with E-state index in [1.165, 1.54) is 14.2 Å². The highest BCUT2D eigenvalue weighted by molar-refractivity contribution is 6.25. The van der Waals surface area contributed by atoms with E-state index in [2.05, 4.69) is 15.8 Å².